The van der Waals surface area contributed by atoms with Crippen LogP contribution < -0.4 is 10.6 Å². The van der Waals surface area contributed by atoms with Crippen molar-refractivity contribution in [2.45, 2.75) is 6.54 Å². The lowest BCUT2D eigenvalue weighted by atomic mass is 10.1. The van der Waals surface area contributed by atoms with Crippen molar-refractivity contribution in [1.29, 1.82) is 0 Å². The summed E-state index contributed by atoms with van der Waals surface area (Å²) in [5, 5.41) is 9.12. The largest absolute Gasteiger partial charge is 0.343 e. The molecule has 4 nitrogen and oxygen atoms in total. The molecule has 0 fully saturated rings. The molecular weight excluding hydrogens is 422 g/mol. The highest BCUT2D eigenvalue weighted by Gasteiger charge is 2.17. The van der Waals surface area contributed by atoms with Gasteiger partial charge in [-0.05, 0) is 45.6 Å². The molecule has 2 N–H and O–H groups in total. The van der Waals surface area contributed by atoms with Crippen LogP contribution in [0.2, 0.25) is 0 Å². The van der Waals surface area contributed by atoms with E-state index < -0.39 is 0 Å². The van der Waals surface area contributed by atoms with E-state index in [1.165, 1.54) is 4.88 Å². The number of fused-ring (bicyclic) bond motifs is 1. The van der Waals surface area contributed by atoms with Crippen molar-refractivity contribution in [3.63, 3.8) is 0 Å². The number of hydrogen-bond acceptors (Lipinski definition) is 2. The van der Waals surface area contributed by atoms with E-state index in [0.29, 0.717) is 6.54 Å². The molecule has 6 heteroatoms. The van der Waals surface area contributed by atoms with Crippen LogP contribution in [0, 0.1) is 0 Å². The van der Waals surface area contributed by atoms with Crippen molar-refractivity contribution in [2.24, 2.45) is 7.05 Å². The first-order valence-corrected chi connectivity index (χ1v) is 10.2. The summed E-state index contributed by atoms with van der Waals surface area (Å²) in [4.78, 5) is 13.6. The molecule has 0 aliphatic heterocycles. The van der Waals surface area contributed by atoms with Crippen LogP contribution in [0.3, 0.4) is 0 Å². The first-order chi connectivity index (χ1) is 13.1. The first kappa shape index (κ1) is 17.8. The molecule has 0 bridgehead atoms. The average Bonchev–Trinajstić information content (AvgIpc) is 3.29. The molecule has 2 heterocycles. The Balaban J connectivity index is 1.63. The summed E-state index contributed by atoms with van der Waals surface area (Å²) >= 11 is 5.15. The Morgan fingerprint density at radius 1 is 1.07 bits per heavy atom. The number of carbonyl (C=O) groups excluding carboxylic acids is 1. The van der Waals surface area contributed by atoms with Crippen molar-refractivity contribution in [3.8, 4) is 10.6 Å². The van der Waals surface area contributed by atoms with Crippen LogP contribution in [0.5, 0.6) is 0 Å². The van der Waals surface area contributed by atoms with Gasteiger partial charge in [0.2, 0.25) is 0 Å². The maximum absolute atomic E-state index is 12.4. The van der Waals surface area contributed by atoms with E-state index in [0.717, 1.165) is 32.3 Å². The van der Waals surface area contributed by atoms with Crippen LogP contribution in [-0.2, 0) is 13.6 Å². The van der Waals surface area contributed by atoms with Gasteiger partial charge < -0.3 is 15.2 Å². The van der Waals surface area contributed by atoms with Crippen molar-refractivity contribution < 1.29 is 4.79 Å². The number of nitrogens with one attached hydrogen (secondary N) is 2. The van der Waals surface area contributed by atoms with Gasteiger partial charge in [0.15, 0.2) is 0 Å². The monoisotopic (exact) mass is 439 g/mol. The van der Waals surface area contributed by atoms with Gasteiger partial charge in [-0.25, -0.2) is 4.79 Å². The van der Waals surface area contributed by atoms with Crippen LogP contribution in [0.4, 0.5) is 10.5 Å². The molecule has 2 aromatic heterocycles. The van der Waals surface area contributed by atoms with Crippen LogP contribution in [0.15, 0.2) is 70.5 Å². The smallest absolute Gasteiger partial charge is 0.319 e. The lowest BCUT2D eigenvalue weighted by Gasteiger charge is -2.10. The number of nitrogens with zero attached hydrogens (tertiary/aromatic N) is 1. The topological polar surface area (TPSA) is 46.1 Å². The number of anilines is 1. The zero-order chi connectivity index (χ0) is 18.8. The summed E-state index contributed by atoms with van der Waals surface area (Å²) in [5.74, 6) is 0. The van der Waals surface area contributed by atoms with E-state index in [2.05, 4.69) is 67.8 Å². The molecule has 0 saturated heterocycles. The second-order valence-electron chi connectivity index (χ2n) is 6.17. The van der Waals surface area contributed by atoms with Crippen LogP contribution in [0.1, 0.15) is 5.56 Å². The molecule has 0 atom stereocenters. The van der Waals surface area contributed by atoms with E-state index in [-0.39, 0.29) is 6.03 Å². The normalized spacial score (nSPS) is 10.9. The molecule has 0 saturated carbocycles. The Hall–Kier alpha value is -2.57. The fraction of sp³-hybridized carbons (Fsp3) is 0.0952. The molecule has 0 unspecified atom stereocenters. The average molecular weight is 440 g/mol. The third-order valence-electron chi connectivity index (χ3n) is 4.51. The summed E-state index contributed by atoms with van der Waals surface area (Å²) < 4.78 is 3.05. The number of halogens is 1. The zero-order valence-corrected chi connectivity index (χ0v) is 17.1. The summed E-state index contributed by atoms with van der Waals surface area (Å²) in [6.45, 7) is 0.449. The Kier molecular flexibility index (Phi) is 5.01. The van der Waals surface area contributed by atoms with Crippen molar-refractivity contribution in [3.05, 3.63) is 76.1 Å². The van der Waals surface area contributed by atoms with E-state index in [4.69, 9.17) is 0 Å². The zero-order valence-electron chi connectivity index (χ0n) is 14.7. The van der Waals surface area contributed by atoms with Gasteiger partial charge in [-0.15, -0.1) is 11.3 Å². The van der Waals surface area contributed by atoms with Gasteiger partial charge in [-0.3, -0.25) is 0 Å². The van der Waals surface area contributed by atoms with Crippen molar-refractivity contribution >= 4 is 49.9 Å². The summed E-state index contributed by atoms with van der Waals surface area (Å²) in [6, 6.07) is 19.8. The maximum atomic E-state index is 12.4. The van der Waals surface area contributed by atoms with E-state index >= 15 is 0 Å². The molecular formula is C21H18BrN3OS. The maximum Gasteiger partial charge on any atom is 0.319 e. The van der Waals surface area contributed by atoms with Crippen LogP contribution in [0.25, 0.3) is 21.5 Å². The Labute approximate surface area is 170 Å². The molecule has 0 aliphatic carbocycles. The number of carbonyl (C=O) groups is 1. The number of aryl methyl sites for hydroxylation is 1. The molecule has 0 radical (unpaired) electrons. The fourth-order valence-electron chi connectivity index (χ4n) is 3.28. The third-order valence-corrected chi connectivity index (χ3v) is 6.08. The van der Waals surface area contributed by atoms with Gasteiger partial charge in [0.25, 0.3) is 0 Å². The number of amides is 2. The second-order valence-corrected chi connectivity index (χ2v) is 7.97. The second kappa shape index (κ2) is 7.58. The standard InChI is InChI=1S/C21H18BrN3OS/c1-25-18-10-5-2-7-14(18)15(20(25)19-11-6-12-27-19)13-23-21(26)24-17-9-4-3-8-16(17)22/h2-12H,13H2,1H3,(H2,23,24,26). The quantitative estimate of drug-likeness (QED) is 0.402. The minimum absolute atomic E-state index is 0.230. The lowest BCUT2D eigenvalue weighted by molar-refractivity contribution is 0.252. The SMILES string of the molecule is Cn1c(-c2cccs2)c(CNC(=O)Nc2ccccc2Br)c2ccccc21. The van der Waals surface area contributed by atoms with E-state index in [1.807, 2.05) is 36.4 Å². The van der Waals surface area contributed by atoms with Gasteiger partial charge in [0.1, 0.15) is 0 Å². The summed E-state index contributed by atoms with van der Waals surface area (Å²) in [6.07, 6.45) is 0. The van der Waals surface area contributed by atoms with Gasteiger partial charge in [0.05, 0.1) is 16.3 Å². The first-order valence-electron chi connectivity index (χ1n) is 8.54. The summed E-state index contributed by atoms with van der Waals surface area (Å²) in [5.41, 5.74) is 4.17. The highest BCUT2D eigenvalue weighted by molar-refractivity contribution is 9.10. The predicted molar refractivity (Wildman–Crippen MR) is 116 cm³/mol. The number of rotatable bonds is 4. The van der Waals surface area contributed by atoms with Gasteiger partial charge in [-0.2, -0.15) is 0 Å². The Bertz CT molecular complexity index is 1100. The van der Waals surface area contributed by atoms with Crippen molar-refractivity contribution in [1.82, 2.24) is 9.88 Å². The van der Waals surface area contributed by atoms with Gasteiger partial charge >= 0.3 is 6.03 Å². The third kappa shape index (κ3) is 3.50. The number of thiophene rings is 1. The molecule has 4 rings (SSSR count). The number of hydrogen-bond donors (Lipinski definition) is 2. The van der Waals surface area contributed by atoms with Crippen LogP contribution in [-0.4, -0.2) is 10.6 Å². The lowest BCUT2D eigenvalue weighted by Crippen LogP contribution is -2.28. The minimum atomic E-state index is -0.230. The number of benzene rings is 2. The van der Waals surface area contributed by atoms with Gasteiger partial charge in [0, 0.05) is 34.5 Å². The number of urea groups is 1. The van der Waals surface area contributed by atoms with Crippen LogP contribution >= 0.6 is 27.3 Å². The molecule has 2 aromatic carbocycles. The Morgan fingerprint density at radius 2 is 1.85 bits per heavy atom. The number of para-hydroxylation sites is 2. The Morgan fingerprint density at radius 3 is 2.63 bits per heavy atom. The van der Waals surface area contributed by atoms with E-state index in [1.54, 1.807) is 11.3 Å². The van der Waals surface area contributed by atoms with Crippen molar-refractivity contribution in [2.75, 3.05) is 5.32 Å². The molecule has 27 heavy (non-hydrogen) atoms. The fourth-order valence-corrected chi connectivity index (χ4v) is 4.49. The van der Waals surface area contributed by atoms with E-state index in [9.17, 15) is 4.79 Å². The summed E-state index contributed by atoms with van der Waals surface area (Å²) in [7, 11) is 2.07. The molecule has 0 spiro atoms. The molecule has 136 valence electrons. The minimum Gasteiger partial charge on any atom is -0.343 e. The highest BCUT2D eigenvalue weighted by atomic mass is 79.9. The van der Waals surface area contributed by atoms with Gasteiger partial charge in [-0.1, -0.05) is 36.4 Å². The molecule has 0 aliphatic rings. The molecule has 2 amide bonds. The predicted octanol–water partition coefficient (Wildman–Crippen LogP) is 5.99. The highest BCUT2D eigenvalue weighted by Crippen LogP contribution is 2.35. The molecule has 4 aromatic rings. The number of aromatic nitrogens is 1.